The molecule has 0 amide bonds. The second-order valence-corrected chi connectivity index (χ2v) is 2.37. The molecule has 1 heteroatoms. The predicted octanol–water partition coefficient (Wildman–Crippen LogP) is 1.99. The maximum absolute atomic E-state index is 10.1. The van der Waals surface area contributed by atoms with E-state index in [1.807, 2.05) is 13.8 Å². The molecule has 0 saturated heterocycles. The molecule has 0 N–H and O–H groups in total. The van der Waals surface area contributed by atoms with Crippen LogP contribution < -0.4 is 0 Å². The van der Waals surface area contributed by atoms with Gasteiger partial charge < -0.3 is 4.79 Å². The fourth-order valence-corrected chi connectivity index (χ4v) is 0.639. The van der Waals surface area contributed by atoms with Crippen LogP contribution >= 0.6 is 0 Å². The Balaban J connectivity index is 3.45. The molecule has 1 atom stereocenters. The minimum atomic E-state index is 0.142. The van der Waals surface area contributed by atoms with Crippen molar-refractivity contribution in [1.29, 1.82) is 0 Å². The molecule has 0 aliphatic heterocycles. The molecule has 0 spiro atoms. The Labute approximate surface area is 56.8 Å². The summed E-state index contributed by atoms with van der Waals surface area (Å²) < 4.78 is 0. The van der Waals surface area contributed by atoms with E-state index < -0.39 is 0 Å². The summed E-state index contributed by atoms with van der Waals surface area (Å²) in [5.74, 6) is 1.32. The zero-order chi connectivity index (χ0) is 7.28. The number of carbonyl (C=O) groups excluding carboxylic acids is 1. The van der Waals surface area contributed by atoms with E-state index in [9.17, 15) is 4.79 Å². The molecule has 0 aliphatic rings. The highest BCUT2D eigenvalue weighted by Gasteiger charge is 2.08. The van der Waals surface area contributed by atoms with Crippen molar-refractivity contribution in [3.63, 3.8) is 0 Å². The van der Waals surface area contributed by atoms with Crippen molar-refractivity contribution in [2.75, 3.05) is 0 Å². The molecule has 0 rings (SSSR count). The van der Waals surface area contributed by atoms with Crippen LogP contribution in [0.15, 0.2) is 12.7 Å². The van der Waals surface area contributed by atoms with Gasteiger partial charge in [0.25, 0.3) is 0 Å². The standard InChI is InChI=1S/C8H13O/c1-4-7(2)5-8(3)6-9/h4,6,8H,1,5H2,2-3H3/q+1. The van der Waals surface area contributed by atoms with E-state index in [0.29, 0.717) is 0 Å². The van der Waals surface area contributed by atoms with E-state index in [2.05, 4.69) is 6.58 Å². The Bertz CT molecular complexity index is 84.7. The van der Waals surface area contributed by atoms with Crippen LogP contribution in [0.25, 0.3) is 0 Å². The predicted molar refractivity (Wildman–Crippen MR) is 39.0 cm³/mol. The van der Waals surface area contributed by atoms with Gasteiger partial charge in [0.2, 0.25) is 0 Å². The van der Waals surface area contributed by atoms with Gasteiger partial charge in [0.1, 0.15) is 6.29 Å². The van der Waals surface area contributed by atoms with Gasteiger partial charge in [-0.3, -0.25) is 0 Å². The van der Waals surface area contributed by atoms with Crippen LogP contribution in [0.5, 0.6) is 0 Å². The molecule has 0 saturated carbocycles. The number of rotatable bonds is 4. The minimum absolute atomic E-state index is 0.142. The lowest BCUT2D eigenvalue weighted by Crippen LogP contribution is -1.99. The summed E-state index contributed by atoms with van der Waals surface area (Å²) in [6, 6.07) is 0. The number of hydrogen-bond acceptors (Lipinski definition) is 1. The zero-order valence-electron chi connectivity index (χ0n) is 6.05. The Morgan fingerprint density at radius 2 is 2.33 bits per heavy atom. The van der Waals surface area contributed by atoms with Gasteiger partial charge in [-0.25, -0.2) is 0 Å². The van der Waals surface area contributed by atoms with Gasteiger partial charge in [-0.05, 0) is 0 Å². The highest BCUT2D eigenvalue weighted by atomic mass is 16.1. The molecular weight excluding hydrogens is 112 g/mol. The fraction of sp³-hybridized carbons (Fsp3) is 0.500. The number of aldehydes is 1. The van der Waals surface area contributed by atoms with E-state index in [-0.39, 0.29) is 5.92 Å². The molecule has 0 bridgehead atoms. The Morgan fingerprint density at radius 1 is 1.78 bits per heavy atom. The summed E-state index contributed by atoms with van der Waals surface area (Å²) in [6.07, 6.45) is 3.60. The summed E-state index contributed by atoms with van der Waals surface area (Å²) in [6.45, 7) is 7.48. The van der Waals surface area contributed by atoms with Crippen molar-refractivity contribution >= 4 is 6.29 Å². The van der Waals surface area contributed by atoms with Crippen LogP contribution in [-0.2, 0) is 4.79 Å². The smallest absolute Gasteiger partial charge is 0.124 e. The lowest BCUT2D eigenvalue weighted by atomic mass is 9.99. The second-order valence-electron chi connectivity index (χ2n) is 2.37. The molecule has 0 radical (unpaired) electrons. The molecule has 50 valence electrons. The summed E-state index contributed by atoms with van der Waals surface area (Å²) in [7, 11) is 0. The first-order chi connectivity index (χ1) is 4.20. The van der Waals surface area contributed by atoms with Crippen molar-refractivity contribution in [3.8, 4) is 0 Å². The van der Waals surface area contributed by atoms with Gasteiger partial charge in [-0.2, -0.15) is 0 Å². The summed E-state index contributed by atoms with van der Waals surface area (Å²) >= 11 is 0. The molecule has 0 aromatic rings. The quantitative estimate of drug-likeness (QED) is 0.415. The first kappa shape index (κ1) is 8.28. The molecule has 1 nitrogen and oxygen atoms in total. The van der Waals surface area contributed by atoms with Crippen molar-refractivity contribution < 1.29 is 4.79 Å². The summed E-state index contributed by atoms with van der Waals surface area (Å²) in [5, 5.41) is 0. The maximum Gasteiger partial charge on any atom is 0.124 e. The highest BCUT2D eigenvalue weighted by molar-refractivity contribution is 5.53. The molecule has 0 fully saturated rings. The van der Waals surface area contributed by atoms with E-state index >= 15 is 0 Å². The molecule has 0 aromatic carbocycles. The average molecular weight is 125 g/mol. The molecule has 9 heavy (non-hydrogen) atoms. The van der Waals surface area contributed by atoms with Gasteiger partial charge in [0.05, 0.1) is 12.0 Å². The monoisotopic (exact) mass is 125 g/mol. The van der Waals surface area contributed by atoms with Crippen molar-refractivity contribution in [1.82, 2.24) is 0 Å². The highest BCUT2D eigenvalue weighted by Crippen LogP contribution is 2.11. The Kier molecular flexibility index (Phi) is 3.85. The van der Waals surface area contributed by atoms with Crippen LogP contribution in [-0.4, -0.2) is 6.29 Å². The maximum atomic E-state index is 10.1. The van der Waals surface area contributed by atoms with Gasteiger partial charge in [-0.15, -0.1) is 0 Å². The second kappa shape index (κ2) is 4.19. The van der Waals surface area contributed by atoms with Crippen LogP contribution in [0, 0.1) is 11.8 Å². The largest absolute Gasteiger partial charge is 0.303 e. The van der Waals surface area contributed by atoms with Crippen molar-refractivity contribution in [2.24, 2.45) is 5.92 Å². The third kappa shape index (κ3) is 3.83. The summed E-state index contributed by atoms with van der Waals surface area (Å²) in [4.78, 5) is 10.1. The third-order valence-corrected chi connectivity index (χ3v) is 1.22. The number of hydrogen-bond donors (Lipinski definition) is 0. The van der Waals surface area contributed by atoms with Crippen LogP contribution in [0.1, 0.15) is 20.3 Å². The topological polar surface area (TPSA) is 17.1 Å². The molecular formula is C8H13O+. The van der Waals surface area contributed by atoms with E-state index in [0.717, 1.165) is 12.7 Å². The molecule has 0 aromatic heterocycles. The van der Waals surface area contributed by atoms with E-state index in [1.54, 1.807) is 6.08 Å². The van der Waals surface area contributed by atoms with Gasteiger partial charge in [-0.1, -0.05) is 6.92 Å². The SMILES string of the molecule is C=C[C+](C)CC(C)C=O. The van der Waals surface area contributed by atoms with Gasteiger partial charge in [0.15, 0.2) is 0 Å². The van der Waals surface area contributed by atoms with Crippen molar-refractivity contribution in [2.45, 2.75) is 20.3 Å². The van der Waals surface area contributed by atoms with Gasteiger partial charge >= 0.3 is 0 Å². The first-order valence-corrected chi connectivity index (χ1v) is 3.11. The zero-order valence-corrected chi connectivity index (χ0v) is 6.05. The van der Waals surface area contributed by atoms with Crippen LogP contribution in [0.4, 0.5) is 0 Å². The van der Waals surface area contributed by atoms with E-state index in [4.69, 9.17) is 0 Å². The minimum Gasteiger partial charge on any atom is -0.303 e. The number of allylic oxidation sites excluding steroid dienone is 1. The normalized spacial score (nSPS) is 12.2. The molecule has 0 aliphatic carbocycles. The third-order valence-electron chi connectivity index (χ3n) is 1.22. The Morgan fingerprint density at radius 3 is 2.67 bits per heavy atom. The molecule has 0 heterocycles. The lowest BCUT2D eigenvalue weighted by molar-refractivity contribution is -0.110. The average Bonchev–Trinajstić information content (AvgIpc) is 1.87. The fourth-order valence-electron chi connectivity index (χ4n) is 0.639. The van der Waals surface area contributed by atoms with Gasteiger partial charge in [0, 0.05) is 25.8 Å². The molecule has 1 unspecified atom stereocenters. The lowest BCUT2D eigenvalue weighted by Gasteiger charge is -1.99. The van der Waals surface area contributed by atoms with Crippen LogP contribution in [0.2, 0.25) is 0 Å². The van der Waals surface area contributed by atoms with Crippen molar-refractivity contribution in [3.05, 3.63) is 18.6 Å². The first-order valence-electron chi connectivity index (χ1n) is 3.11. The van der Waals surface area contributed by atoms with E-state index in [1.165, 1.54) is 5.92 Å². The summed E-state index contributed by atoms with van der Waals surface area (Å²) in [5.41, 5.74) is 0. The van der Waals surface area contributed by atoms with Crippen LogP contribution in [0.3, 0.4) is 0 Å². The number of carbonyl (C=O) groups is 1. The Hall–Kier alpha value is -0.720.